The molecular formula is C15H26N2O. The van der Waals surface area contributed by atoms with Gasteiger partial charge in [-0.05, 0) is 39.9 Å². The van der Waals surface area contributed by atoms with Crippen LogP contribution in [0.3, 0.4) is 0 Å². The Labute approximate surface area is 111 Å². The zero-order valence-corrected chi connectivity index (χ0v) is 12.0. The van der Waals surface area contributed by atoms with Crippen LogP contribution in [0.15, 0.2) is 30.3 Å². The quantitative estimate of drug-likeness (QED) is 0.775. The van der Waals surface area contributed by atoms with Crippen LogP contribution in [0.5, 0.6) is 0 Å². The van der Waals surface area contributed by atoms with Crippen molar-refractivity contribution in [1.82, 2.24) is 10.2 Å². The summed E-state index contributed by atoms with van der Waals surface area (Å²) < 4.78 is 0. The van der Waals surface area contributed by atoms with Crippen LogP contribution in [0.4, 0.5) is 0 Å². The predicted molar refractivity (Wildman–Crippen MR) is 76.6 cm³/mol. The molecule has 3 nitrogen and oxygen atoms in total. The van der Waals surface area contributed by atoms with E-state index in [2.05, 4.69) is 43.2 Å². The van der Waals surface area contributed by atoms with Gasteiger partial charge >= 0.3 is 0 Å². The molecule has 0 aromatic heterocycles. The highest BCUT2D eigenvalue weighted by Crippen LogP contribution is 2.24. The maximum atomic E-state index is 9.80. The van der Waals surface area contributed by atoms with E-state index in [9.17, 15) is 5.11 Å². The van der Waals surface area contributed by atoms with Gasteiger partial charge in [0.05, 0.1) is 12.1 Å². The molecule has 0 spiro atoms. The first kappa shape index (κ1) is 15.2. The van der Waals surface area contributed by atoms with E-state index in [1.807, 2.05) is 25.2 Å². The normalized spacial score (nSPS) is 15.1. The van der Waals surface area contributed by atoms with Crippen molar-refractivity contribution in [2.75, 3.05) is 27.2 Å². The fourth-order valence-corrected chi connectivity index (χ4v) is 2.05. The van der Waals surface area contributed by atoms with Gasteiger partial charge in [0.25, 0.3) is 0 Å². The van der Waals surface area contributed by atoms with E-state index in [0.717, 1.165) is 18.5 Å². The van der Waals surface area contributed by atoms with Gasteiger partial charge in [-0.15, -0.1) is 0 Å². The van der Waals surface area contributed by atoms with Crippen LogP contribution in [-0.2, 0) is 5.54 Å². The van der Waals surface area contributed by atoms with Gasteiger partial charge < -0.3 is 15.3 Å². The molecule has 0 saturated heterocycles. The van der Waals surface area contributed by atoms with Gasteiger partial charge in [-0.25, -0.2) is 0 Å². The van der Waals surface area contributed by atoms with Crippen LogP contribution in [0, 0.1) is 0 Å². The number of nitrogens with one attached hydrogen (secondary N) is 1. The number of aliphatic hydroxyl groups excluding tert-OH is 1. The first-order valence-electron chi connectivity index (χ1n) is 6.61. The topological polar surface area (TPSA) is 35.5 Å². The van der Waals surface area contributed by atoms with Gasteiger partial charge in [-0.3, -0.25) is 0 Å². The number of hydrogen-bond acceptors (Lipinski definition) is 3. The van der Waals surface area contributed by atoms with Gasteiger partial charge in [0.2, 0.25) is 0 Å². The number of nitrogens with zero attached hydrogens (tertiary/aromatic N) is 1. The lowest BCUT2D eigenvalue weighted by Crippen LogP contribution is -2.46. The van der Waals surface area contributed by atoms with Crippen LogP contribution >= 0.6 is 0 Å². The Morgan fingerprint density at radius 1 is 1.28 bits per heavy atom. The molecule has 0 aliphatic heterocycles. The lowest BCUT2D eigenvalue weighted by Gasteiger charge is -2.34. The molecule has 1 aromatic carbocycles. The second kappa shape index (κ2) is 6.88. The van der Waals surface area contributed by atoms with Gasteiger partial charge in [0, 0.05) is 12.6 Å². The fraction of sp³-hybridized carbons (Fsp3) is 0.600. The van der Waals surface area contributed by atoms with Gasteiger partial charge in [0.1, 0.15) is 0 Å². The zero-order valence-electron chi connectivity index (χ0n) is 12.0. The Morgan fingerprint density at radius 3 is 2.33 bits per heavy atom. The Kier molecular flexibility index (Phi) is 5.79. The molecule has 1 rings (SSSR count). The number of likely N-dealkylation sites (N-methyl/N-ethyl adjacent to an activating group) is 1. The van der Waals surface area contributed by atoms with Gasteiger partial charge in [0.15, 0.2) is 0 Å². The van der Waals surface area contributed by atoms with Crippen molar-refractivity contribution in [2.24, 2.45) is 0 Å². The highest BCUT2D eigenvalue weighted by atomic mass is 16.3. The first-order valence-corrected chi connectivity index (χ1v) is 6.61. The van der Waals surface area contributed by atoms with Gasteiger partial charge in [-0.2, -0.15) is 0 Å². The van der Waals surface area contributed by atoms with Crippen molar-refractivity contribution in [1.29, 1.82) is 0 Å². The third kappa shape index (κ3) is 3.55. The Balaban J connectivity index is 2.81. The molecule has 2 N–H and O–H groups in total. The van der Waals surface area contributed by atoms with Crippen LogP contribution < -0.4 is 5.32 Å². The summed E-state index contributed by atoms with van der Waals surface area (Å²) in [5, 5.41) is 13.1. The van der Waals surface area contributed by atoms with Crippen molar-refractivity contribution < 1.29 is 5.11 Å². The van der Waals surface area contributed by atoms with Gasteiger partial charge in [-0.1, -0.05) is 30.3 Å². The smallest absolute Gasteiger partial charge is 0.0678 e. The van der Waals surface area contributed by atoms with E-state index in [-0.39, 0.29) is 12.1 Å². The Bertz CT molecular complexity index is 334. The third-order valence-electron chi connectivity index (χ3n) is 3.85. The predicted octanol–water partition coefficient (Wildman–Crippen LogP) is 1.82. The molecule has 18 heavy (non-hydrogen) atoms. The van der Waals surface area contributed by atoms with Crippen LogP contribution in [0.2, 0.25) is 0 Å². The lowest BCUT2D eigenvalue weighted by atomic mass is 9.87. The van der Waals surface area contributed by atoms with Crippen molar-refractivity contribution >= 4 is 0 Å². The number of rotatable bonds is 7. The number of hydrogen-bond donors (Lipinski definition) is 2. The Morgan fingerprint density at radius 2 is 1.89 bits per heavy atom. The molecule has 0 heterocycles. The molecule has 1 unspecified atom stereocenters. The monoisotopic (exact) mass is 250 g/mol. The molecule has 0 radical (unpaired) electrons. The summed E-state index contributed by atoms with van der Waals surface area (Å²) in [4.78, 5) is 2.30. The molecule has 1 atom stereocenters. The minimum atomic E-state index is -0.343. The van der Waals surface area contributed by atoms with E-state index < -0.39 is 0 Å². The maximum Gasteiger partial charge on any atom is 0.0678 e. The zero-order chi connectivity index (χ0) is 13.6. The largest absolute Gasteiger partial charge is 0.394 e. The summed E-state index contributed by atoms with van der Waals surface area (Å²) in [7, 11) is 4.03. The van der Waals surface area contributed by atoms with Crippen molar-refractivity contribution in [3.63, 3.8) is 0 Å². The summed E-state index contributed by atoms with van der Waals surface area (Å²) in [6, 6.07) is 10.7. The van der Waals surface area contributed by atoms with E-state index in [1.165, 1.54) is 0 Å². The highest BCUT2D eigenvalue weighted by Gasteiger charge is 2.29. The molecule has 0 aliphatic rings. The average molecular weight is 250 g/mol. The molecule has 0 bridgehead atoms. The number of aliphatic hydroxyl groups is 1. The standard InChI is InChI=1S/C15H26N2O/c1-13(2)17(4)11-10-15(12-18,16-3)14-8-6-5-7-9-14/h5-9,13,16,18H,10-12H2,1-4H3. The molecular weight excluding hydrogens is 224 g/mol. The molecule has 102 valence electrons. The molecule has 3 heteroatoms. The Hall–Kier alpha value is -0.900. The highest BCUT2D eigenvalue weighted by molar-refractivity contribution is 5.24. The van der Waals surface area contributed by atoms with Crippen molar-refractivity contribution in [2.45, 2.75) is 31.8 Å². The summed E-state index contributed by atoms with van der Waals surface area (Å²) in [6.07, 6.45) is 0.888. The minimum absolute atomic E-state index is 0.111. The average Bonchev–Trinajstić information content (AvgIpc) is 2.41. The second-order valence-electron chi connectivity index (χ2n) is 5.18. The van der Waals surface area contributed by atoms with E-state index in [4.69, 9.17) is 0 Å². The summed E-state index contributed by atoms with van der Waals surface area (Å²) in [5.41, 5.74) is 0.803. The molecule has 0 aliphatic carbocycles. The first-order chi connectivity index (χ1) is 8.55. The summed E-state index contributed by atoms with van der Waals surface area (Å²) >= 11 is 0. The van der Waals surface area contributed by atoms with Crippen LogP contribution in [0.1, 0.15) is 25.8 Å². The molecule has 0 saturated carbocycles. The molecule has 0 amide bonds. The van der Waals surface area contributed by atoms with E-state index in [1.54, 1.807) is 0 Å². The summed E-state index contributed by atoms with van der Waals surface area (Å²) in [5.74, 6) is 0. The van der Waals surface area contributed by atoms with Crippen molar-refractivity contribution in [3.8, 4) is 0 Å². The minimum Gasteiger partial charge on any atom is -0.394 e. The molecule has 0 fully saturated rings. The molecule has 1 aromatic rings. The second-order valence-corrected chi connectivity index (χ2v) is 5.18. The van der Waals surface area contributed by atoms with Crippen molar-refractivity contribution in [3.05, 3.63) is 35.9 Å². The lowest BCUT2D eigenvalue weighted by molar-refractivity contribution is 0.138. The van der Waals surface area contributed by atoms with E-state index in [0.29, 0.717) is 6.04 Å². The summed E-state index contributed by atoms with van der Waals surface area (Å²) in [6.45, 7) is 5.43. The van der Waals surface area contributed by atoms with Crippen LogP contribution in [0.25, 0.3) is 0 Å². The maximum absolute atomic E-state index is 9.80. The third-order valence-corrected chi connectivity index (χ3v) is 3.85. The fourth-order valence-electron chi connectivity index (χ4n) is 2.05. The van der Waals surface area contributed by atoms with E-state index >= 15 is 0 Å². The van der Waals surface area contributed by atoms with Crippen LogP contribution in [-0.4, -0.2) is 43.3 Å². The SMILES string of the molecule is CNC(CO)(CCN(C)C(C)C)c1ccccc1. The number of benzene rings is 1.